The van der Waals surface area contributed by atoms with Crippen molar-refractivity contribution in [2.75, 3.05) is 13.7 Å². The summed E-state index contributed by atoms with van der Waals surface area (Å²) in [6.07, 6.45) is 1.72. The van der Waals surface area contributed by atoms with Crippen LogP contribution in [0, 0.1) is 0 Å². The van der Waals surface area contributed by atoms with Gasteiger partial charge in [0.25, 0.3) is 0 Å². The van der Waals surface area contributed by atoms with Crippen LogP contribution in [0.25, 0.3) is 0 Å². The summed E-state index contributed by atoms with van der Waals surface area (Å²) in [6.45, 7) is 4.74. The Labute approximate surface area is 136 Å². The maximum absolute atomic E-state index is 5.45. The number of benzene rings is 2. The lowest BCUT2D eigenvalue weighted by molar-refractivity contribution is 0.363. The molecule has 0 bridgehead atoms. The van der Waals surface area contributed by atoms with Crippen molar-refractivity contribution in [2.45, 2.75) is 6.54 Å². The van der Waals surface area contributed by atoms with Crippen LogP contribution in [0.4, 0.5) is 0 Å². The fourth-order valence-corrected chi connectivity index (χ4v) is 2.19. The lowest BCUT2D eigenvalue weighted by atomic mass is 10.2. The maximum Gasteiger partial charge on any atom is 0.123 e. The minimum absolute atomic E-state index is 0.496. The standard InChI is InChI=1S/C18H19NO2S/c1-3-12-21-16-10-8-14(9-11-16)18(22)19-13-15-6-4-5-7-17(15)20-2/h3-11H,1,12-13H2,2H3,(H,19,22). The average Bonchev–Trinajstić information content (AvgIpc) is 2.58. The molecule has 0 aliphatic rings. The molecule has 0 aromatic heterocycles. The minimum atomic E-state index is 0.496. The van der Waals surface area contributed by atoms with Crippen LogP contribution in [0.2, 0.25) is 0 Å². The highest BCUT2D eigenvalue weighted by Gasteiger charge is 2.05. The summed E-state index contributed by atoms with van der Waals surface area (Å²) in [5.74, 6) is 1.65. The van der Waals surface area contributed by atoms with E-state index in [9.17, 15) is 0 Å². The van der Waals surface area contributed by atoms with Gasteiger partial charge in [0, 0.05) is 17.7 Å². The summed E-state index contributed by atoms with van der Waals surface area (Å²) in [5, 5.41) is 3.25. The van der Waals surface area contributed by atoms with Crippen LogP contribution in [-0.4, -0.2) is 18.7 Å². The first kappa shape index (κ1) is 16.0. The number of nitrogens with one attached hydrogen (secondary N) is 1. The van der Waals surface area contributed by atoms with Crippen molar-refractivity contribution in [1.29, 1.82) is 0 Å². The summed E-state index contributed by atoms with van der Waals surface area (Å²) >= 11 is 5.42. The average molecular weight is 313 g/mol. The Morgan fingerprint density at radius 2 is 1.91 bits per heavy atom. The quantitative estimate of drug-likeness (QED) is 0.623. The molecular formula is C18H19NO2S. The van der Waals surface area contributed by atoms with Crippen molar-refractivity contribution in [3.8, 4) is 11.5 Å². The molecule has 0 atom stereocenters. The molecule has 1 N–H and O–H groups in total. The summed E-state index contributed by atoms with van der Waals surface area (Å²) in [5.41, 5.74) is 2.02. The SMILES string of the molecule is C=CCOc1ccc(C(=S)NCc2ccccc2OC)cc1. The minimum Gasteiger partial charge on any atom is -0.496 e. The van der Waals surface area contributed by atoms with E-state index in [0.717, 1.165) is 22.6 Å². The Bertz CT molecular complexity index is 638. The fraction of sp³-hybridized carbons (Fsp3) is 0.167. The van der Waals surface area contributed by atoms with Gasteiger partial charge in [-0.15, -0.1) is 0 Å². The van der Waals surface area contributed by atoms with Crippen molar-refractivity contribution >= 4 is 17.2 Å². The van der Waals surface area contributed by atoms with Gasteiger partial charge in [0.1, 0.15) is 23.1 Å². The van der Waals surface area contributed by atoms with Gasteiger partial charge in [-0.25, -0.2) is 0 Å². The summed E-state index contributed by atoms with van der Waals surface area (Å²) in [4.78, 5) is 0.696. The first-order valence-corrected chi connectivity index (χ1v) is 7.39. The van der Waals surface area contributed by atoms with Gasteiger partial charge in [0.05, 0.1) is 7.11 Å². The third kappa shape index (κ3) is 4.33. The van der Waals surface area contributed by atoms with Crippen LogP contribution in [0.3, 0.4) is 0 Å². The summed E-state index contributed by atoms with van der Waals surface area (Å²) < 4.78 is 10.8. The van der Waals surface area contributed by atoms with Crippen LogP contribution < -0.4 is 14.8 Å². The summed E-state index contributed by atoms with van der Waals surface area (Å²) in [6, 6.07) is 15.6. The highest BCUT2D eigenvalue weighted by Crippen LogP contribution is 2.17. The molecule has 2 aromatic rings. The Hall–Kier alpha value is -2.33. The van der Waals surface area contributed by atoms with E-state index in [1.54, 1.807) is 13.2 Å². The molecule has 114 valence electrons. The van der Waals surface area contributed by atoms with Crippen LogP contribution in [-0.2, 0) is 6.54 Å². The molecule has 0 saturated carbocycles. The molecule has 2 aromatic carbocycles. The topological polar surface area (TPSA) is 30.5 Å². The second-order valence-corrected chi connectivity index (χ2v) is 5.03. The number of methoxy groups -OCH3 is 1. The molecule has 22 heavy (non-hydrogen) atoms. The molecule has 0 aliphatic heterocycles. The van der Waals surface area contributed by atoms with E-state index >= 15 is 0 Å². The van der Waals surface area contributed by atoms with Gasteiger partial charge in [-0.05, 0) is 30.3 Å². The highest BCUT2D eigenvalue weighted by molar-refractivity contribution is 7.80. The Morgan fingerprint density at radius 1 is 1.18 bits per heavy atom. The zero-order chi connectivity index (χ0) is 15.8. The van der Waals surface area contributed by atoms with Gasteiger partial charge in [-0.3, -0.25) is 0 Å². The zero-order valence-corrected chi connectivity index (χ0v) is 13.4. The molecule has 0 unspecified atom stereocenters. The van der Waals surface area contributed by atoms with Gasteiger partial charge in [0.2, 0.25) is 0 Å². The molecule has 0 fully saturated rings. The van der Waals surface area contributed by atoms with E-state index < -0.39 is 0 Å². The predicted molar refractivity (Wildman–Crippen MR) is 93.7 cm³/mol. The normalized spacial score (nSPS) is 9.86. The van der Waals surface area contributed by atoms with Gasteiger partial charge in [0.15, 0.2) is 0 Å². The van der Waals surface area contributed by atoms with Crippen molar-refractivity contribution in [2.24, 2.45) is 0 Å². The second-order valence-electron chi connectivity index (χ2n) is 4.62. The number of hydrogen-bond donors (Lipinski definition) is 1. The molecule has 0 aliphatic carbocycles. The number of ether oxygens (including phenoxy) is 2. The number of thiocarbonyl (C=S) groups is 1. The molecule has 3 nitrogen and oxygen atoms in total. The van der Waals surface area contributed by atoms with Gasteiger partial charge in [-0.1, -0.05) is 43.1 Å². The lowest BCUT2D eigenvalue weighted by Crippen LogP contribution is -2.21. The van der Waals surface area contributed by atoms with Crippen molar-refractivity contribution in [3.05, 3.63) is 72.3 Å². The molecule has 0 heterocycles. The molecule has 0 amide bonds. The monoisotopic (exact) mass is 313 g/mol. The Kier molecular flexibility index (Phi) is 5.98. The first-order chi connectivity index (χ1) is 10.7. The van der Waals surface area contributed by atoms with Crippen LogP contribution in [0.5, 0.6) is 11.5 Å². The second kappa shape index (κ2) is 8.20. The molecular weight excluding hydrogens is 294 g/mol. The lowest BCUT2D eigenvalue weighted by Gasteiger charge is -2.11. The largest absolute Gasteiger partial charge is 0.496 e. The van der Waals surface area contributed by atoms with Crippen LogP contribution in [0.1, 0.15) is 11.1 Å². The molecule has 0 saturated heterocycles. The fourth-order valence-electron chi connectivity index (χ4n) is 1.98. The smallest absolute Gasteiger partial charge is 0.123 e. The van der Waals surface area contributed by atoms with E-state index in [2.05, 4.69) is 11.9 Å². The number of para-hydroxylation sites is 1. The number of hydrogen-bond acceptors (Lipinski definition) is 3. The zero-order valence-electron chi connectivity index (χ0n) is 12.5. The van der Waals surface area contributed by atoms with E-state index in [-0.39, 0.29) is 0 Å². The van der Waals surface area contributed by atoms with Crippen molar-refractivity contribution < 1.29 is 9.47 Å². The predicted octanol–water partition coefficient (Wildman–Crippen LogP) is 3.73. The van der Waals surface area contributed by atoms with Crippen LogP contribution >= 0.6 is 12.2 Å². The van der Waals surface area contributed by atoms with Crippen LogP contribution in [0.15, 0.2) is 61.2 Å². The molecule has 2 rings (SSSR count). The molecule has 4 heteroatoms. The highest BCUT2D eigenvalue weighted by atomic mass is 32.1. The first-order valence-electron chi connectivity index (χ1n) is 6.98. The van der Waals surface area contributed by atoms with Gasteiger partial charge >= 0.3 is 0 Å². The third-order valence-corrected chi connectivity index (χ3v) is 3.50. The maximum atomic E-state index is 5.45. The van der Waals surface area contributed by atoms with Gasteiger partial charge in [-0.2, -0.15) is 0 Å². The van der Waals surface area contributed by atoms with Gasteiger partial charge < -0.3 is 14.8 Å². The van der Waals surface area contributed by atoms with Crippen molar-refractivity contribution in [1.82, 2.24) is 5.32 Å². The Balaban J connectivity index is 1.95. The Morgan fingerprint density at radius 3 is 2.59 bits per heavy atom. The molecule has 0 radical (unpaired) electrons. The summed E-state index contributed by atoms with van der Waals surface area (Å²) in [7, 11) is 1.67. The van der Waals surface area contributed by atoms with E-state index in [4.69, 9.17) is 21.7 Å². The van der Waals surface area contributed by atoms with E-state index in [1.807, 2.05) is 48.5 Å². The van der Waals surface area contributed by atoms with Crippen molar-refractivity contribution in [3.63, 3.8) is 0 Å². The number of rotatable bonds is 7. The van der Waals surface area contributed by atoms with E-state index in [1.165, 1.54) is 0 Å². The van der Waals surface area contributed by atoms with E-state index in [0.29, 0.717) is 18.1 Å². The molecule has 0 spiro atoms. The third-order valence-electron chi connectivity index (χ3n) is 3.12.